The van der Waals surface area contributed by atoms with Crippen LogP contribution in [0, 0.1) is 5.92 Å². The minimum Gasteiger partial charge on any atom is -0.303 e. The molecule has 0 heterocycles. The predicted octanol–water partition coefficient (Wildman–Crippen LogP) is 4.68. The molecule has 0 rings (SSSR count). The Morgan fingerprint density at radius 3 is 2.38 bits per heavy atom. The van der Waals surface area contributed by atoms with Gasteiger partial charge >= 0.3 is 0 Å². The molecule has 0 N–H and O–H groups in total. The van der Waals surface area contributed by atoms with Crippen molar-refractivity contribution in [2.24, 2.45) is 5.92 Å². The molecular formula is C15H26O. The summed E-state index contributed by atoms with van der Waals surface area (Å²) in [6, 6.07) is 0. The molecule has 0 aliphatic rings. The molecule has 0 spiro atoms. The Kier molecular flexibility index (Phi) is 8.88. The summed E-state index contributed by atoms with van der Waals surface area (Å²) in [5, 5.41) is 0. The maximum Gasteiger partial charge on any atom is 0.120 e. The topological polar surface area (TPSA) is 17.1 Å². The quantitative estimate of drug-likeness (QED) is 0.430. The average Bonchev–Trinajstić information content (AvgIpc) is 2.17. The average molecular weight is 222 g/mol. The molecule has 0 saturated carbocycles. The fourth-order valence-electron chi connectivity index (χ4n) is 1.59. The third-order valence-electron chi connectivity index (χ3n) is 2.74. The first-order chi connectivity index (χ1) is 7.56. The van der Waals surface area contributed by atoms with Crippen LogP contribution in [0.2, 0.25) is 0 Å². The van der Waals surface area contributed by atoms with Crippen LogP contribution in [0.3, 0.4) is 0 Å². The molecular weight excluding hydrogens is 196 g/mol. The highest BCUT2D eigenvalue weighted by Crippen LogP contribution is 2.12. The third kappa shape index (κ3) is 9.70. The third-order valence-corrected chi connectivity index (χ3v) is 2.74. The lowest BCUT2D eigenvalue weighted by Gasteiger charge is -2.05. The summed E-state index contributed by atoms with van der Waals surface area (Å²) in [5.74, 6) is 0.527. The lowest BCUT2D eigenvalue weighted by Crippen LogP contribution is -1.94. The van der Waals surface area contributed by atoms with Crippen molar-refractivity contribution in [2.45, 2.75) is 59.8 Å². The summed E-state index contributed by atoms with van der Waals surface area (Å²) in [5.41, 5.74) is 2.86. The van der Waals surface area contributed by atoms with Crippen LogP contribution in [0.4, 0.5) is 0 Å². The zero-order chi connectivity index (χ0) is 12.4. The maximum atomic E-state index is 10.3. The molecule has 0 aromatic heterocycles. The summed E-state index contributed by atoms with van der Waals surface area (Å²) in [7, 11) is 0. The lowest BCUT2D eigenvalue weighted by atomic mass is 10.0. The molecule has 0 bridgehead atoms. The molecule has 0 saturated heterocycles. The van der Waals surface area contributed by atoms with Gasteiger partial charge in [0, 0.05) is 6.42 Å². The molecule has 1 atom stereocenters. The molecule has 16 heavy (non-hydrogen) atoms. The van der Waals surface area contributed by atoms with E-state index in [1.165, 1.54) is 11.1 Å². The number of allylic oxidation sites excluding steroid dienone is 4. The molecule has 0 aliphatic heterocycles. The van der Waals surface area contributed by atoms with Gasteiger partial charge < -0.3 is 4.79 Å². The van der Waals surface area contributed by atoms with Gasteiger partial charge in [-0.25, -0.2) is 0 Å². The Hall–Kier alpha value is -0.850. The number of hydrogen-bond donors (Lipinski definition) is 0. The van der Waals surface area contributed by atoms with Crippen LogP contribution in [-0.4, -0.2) is 6.29 Å². The molecule has 0 aromatic rings. The molecule has 1 nitrogen and oxygen atoms in total. The van der Waals surface area contributed by atoms with Gasteiger partial charge in [0.05, 0.1) is 0 Å². The molecule has 0 aromatic carbocycles. The van der Waals surface area contributed by atoms with Gasteiger partial charge in [-0.2, -0.15) is 0 Å². The molecule has 0 aliphatic carbocycles. The van der Waals surface area contributed by atoms with E-state index in [1.807, 2.05) is 0 Å². The Morgan fingerprint density at radius 1 is 1.12 bits per heavy atom. The number of rotatable bonds is 8. The van der Waals surface area contributed by atoms with Crippen LogP contribution in [-0.2, 0) is 4.79 Å². The highest BCUT2D eigenvalue weighted by molar-refractivity contribution is 5.49. The Bertz CT molecular complexity index is 244. The van der Waals surface area contributed by atoms with E-state index < -0.39 is 0 Å². The van der Waals surface area contributed by atoms with Gasteiger partial charge in [-0.15, -0.1) is 0 Å². The van der Waals surface area contributed by atoms with Crippen LogP contribution < -0.4 is 0 Å². The number of hydrogen-bond acceptors (Lipinski definition) is 1. The first-order valence-corrected chi connectivity index (χ1v) is 6.29. The van der Waals surface area contributed by atoms with Crippen molar-refractivity contribution < 1.29 is 4.79 Å². The zero-order valence-corrected chi connectivity index (χ0v) is 11.3. The van der Waals surface area contributed by atoms with E-state index in [0.29, 0.717) is 12.3 Å². The largest absolute Gasteiger partial charge is 0.303 e. The minimum atomic E-state index is 0.527. The molecule has 0 fully saturated rings. The van der Waals surface area contributed by atoms with Crippen molar-refractivity contribution >= 4 is 6.29 Å². The second kappa shape index (κ2) is 9.38. The number of carbonyl (C=O) groups excluding carboxylic acids is 1. The zero-order valence-electron chi connectivity index (χ0n) is 11.3. The van der Waals surface area contributed by atoms with Gasteiger partial charge in [-0.05, 0) is 52.4 Å². The normalized spacial score (nSPS) is 13.4. The van der Waals surface area contributed by atoms with Gasteiger partial charge in [0.2, 0.25) is 0 Å². The summed E-state index contributed by atoms with van der Waals surface area (Å²) in [6.07, 6.45) is 10.9. The van der Waals surface area contributed by atoms with E-state index in [1.54, 1.807) is 0 Å². The van der Waals surface area contributed by atoms with E-state index in [-0.39, 0.29) is 0 Å². The molecule has 0 radical (unpaired) electrons. The van der Waals surface area contributed by atoms with E-state index in [9.17, 15) is 4.79 Å². The van der Waals surface area contributed by atoms with E-state index in [0.717, 1.165) is 32.0 Å². The molecule has 1 heteroatoms. The van der Waals surface area contributed by atoms with E-state index >= 15 is 0 Å². The van der Waals surface area contributed by atoms with E-state index in [4.69, 9.17) is 0 Å². The summed E-state index contributed by atoms with van der Waals surface area (Å²) in [4.78, 5) is 10.3. The number of carbonyl (C=O) groups is 1. The van der Waals surface area contributed by atoms with Crippen LogP contribution in [0.5, 0.6) is 0 Å². The monoisotopic (exact) mass is 222 g/mol. The maximum absolute atomic E-state index is 10.3. The highest BCUT2D eigenvalue weighted by atomic mass is 16.1. The van der Waals surface area contributed by atoms with Crippen LogP contribution in [0.15, 0.2) is 23.3 Å². The van der Waals surface area contributed by atoms with Crippen molar-refractivity contribution in [3.05, 3.63) is 23.3 Å². The molecule has 92 valence electrons. The Morgan fingerprint density at radius 2 is 1.81 bits per heavy atom. The second-order valence-electron chi connectivity index (χ2n) is 4.96. The molecule has 0 amide bonds. The van der Waals surface area contributed by atoms with Crippen LogP contribution in [0.1, 0.15) is 59.8 Å². The lowest BCUT2D eigenvalue weighted by molar-refractivity contribution is -0.108. The van der Waals surface area contributed by atoms with Gasteiger partial charge in [0.1, 0.15) is 6.29 Å². The smallest absolute Gasteiger partial charge is 0.120 e. The van der Waals surface area contributed by atoms with Crippen LogP contribution >= 0.6 is 0 Å². The summed E-state index contributed by atoms with van der Waals surface area (Å²) in [6.45, 7) is 8.62. The van der Waals surface area contributed by atoms with Gasteiger partial charge in [0.25, 0.3) is 0 Å². The first-order valence-electron chi connectivity index (χ1n) is 6.29. The van der Waals surface area contributed by atoms with Crippen molar-refractivity contribution in [3.63, 3.8) is 0 Å². The fourth-order valence-corrected chi connectivity index (χ4v) is 1.59. The van der Waals surface area contributed by atoms with Gasteiger partial charge in [0.15, 0.2) is 0 Å². The minimum absolute atomic E-state index is 0.527. The fraction of sp³-hybridized carbons (Fsp3) is 0.667. The van der Waals surface area contributed by atoms with Crippen molar-refractivity contribution in [2.75, 3.05) is 0 Å². The van der Waals surface area contributed by atoms with Gasteiger partial charge in [-0.3, -0.25) is 0 Å². The van der Waals surface area contributed by atoms with Crippen molar-refractivity contribution in [1.82, 2.24) is 0 Å². The van der Waals surface area contributed by atoms with Crippen molar-refractivity contribution in [1.29, 1.82) is 0 Å². The van der Waals surface area contributed by atoms with Crippen LogP contribution in [0.25, 0.3) is 0 Å². The predicted molar refractivity (Wildman–Crippen MR) is 71.5 cm³/mol. The molecule has 0 unspecified atom stereocenters. The summed E-state index contributed by atoms with van der Waals surface area (Å²) < 4.78 is 0. The summed E-state index contributed by atoms with van der Waals surface area (Å²) >= 11 is 0. The second-order valence-corrected chi connectivity index (χ2v) is 4.96. The number of aldehydes is 1. The van der Waals surface area contributed by atoms with E-state index in [2.05, 4.69) is 39.8 Å². The Balaban J connectivity index is 3.70. The standard InChI is InChI=1S/C15H26O/c1-13(2)7-5-8-14(3)9-6-10-15(4)11-12-16/h7,9,12,15H,5-6,8,10-11H2,1-4H3/t15-/m0/s1. The highest BCUT2D eigenvalue weighted by Gasteiger charge is 1.99. The first kappa shape index (κ1) is 15.2. The SMILES string of the molecule is CC(C)=CCCC(C)=CCC[C@H](C)CC=O. The van der Waals surface area contributed by atoms with Crippen molar-refractivity contribution in [3.8, 4) is 0 Å². The Labute approximate surface area is 101 Å². The van der Waals surface area contributed by atoms with Gasteiger partial charge in [-0.1, -0.05) is 30.2 Å².